The molecule has 5 heteroatoms. The Kier molecular flexibility index (Phi) is 4.92. The van der Waals surface area contributed by atoms with Crippen molar-refractivity contribution in [1.82, 2.24) is 10.3 Å². The first-order chi connectivity index (χ1) is 13.1. The van der Waals surface area contributed by atoms with Crippen LogP contribution in [-0.2, 0) is 9.59 Å². The number of carboxylic acid groups (broad SMARTS) is 1. The Bertz CT molecular complexity index is 815. The molecule has 1 aromatic heterocycles. The van der Waals surface area contributed by atoms with Crippen LogP contribution in [0.5, 0.6) is 0 Å². The van der Waals surface area contributed by atoms with Crippen molar-refractivity contribution >= 4 is 11.9 Å². The number of rotatable bonds is 6. The molecule has 0 spiro atoms. The number of carbonyl (C=O) groups is 2. The molecule has 3 unspecified atom stereocenters. The number of hydrogen-bond acceptors (Lipinski definition) is 3. The monoisotopic (exact) mass is 364 g/mol. The Morgan fingerprint density at radius 2 is 1.74 bits per heavy atom. The van der Waals surface area contributed by atoms with Crippen LogP contribution < -0.4 is 5.32 Å². The molecule has 0 bridgehead atoms. The SMILES string of the molecule is O=C(O)C1CCCC1C(=O)NC(c1ccccc1)c1ccc(C2CC2)cn1. The summed E-state index contributed by atoms with van der Waals surface area (Å²) in [5, 5.41) is 12.5. The van der Waals surface area contributed by atoms with E-state index in [0.717, 1.165) is 17.7 Å². The Hall–Kier alpha value is -2.69. The molecule has 0 radical (unpaired) electrons. The fraction of sp³-hybridized carbons (Fsp3) is 0.409. The molecule has 140 valence electrons. The summed E-state index contributed by atoms with van der Waals surface area (Å²) in [4.78, 5) is 29.0. The van der Waals surface area contributed by atoms with Crippen LogP contribution in [0.2, 0.25) is 0 Å². The number of amides is 1. The van der Waals surface area contributed by atoms with Gasteiger partial charge in [-0.1, -0.05) is 42.8 Å². The minimum absolute atomic E-state index is 0.193. The van der Waals surface area contributed by atoms with Crippen LogP contribution in [0.15, 0.2) is 48.7 Å². The number of aliphatic carboxylic acids is 1. The van der Waals surface area contributed by atoms with Crippen LogP contribution >= 0.6 is 0 Å². The van der Waals surface area contributed by atoms with Gasteiger partial charge in [0, 0.05) is 6.20 Å². The predicted molar refractivity (Wildman–Crippen MR) is 101 cm³/mol. The summed E-state index contributed by atoms with van der Waals surface area (Å²) in [5.41, 5.74) is 2.98. The first-order valence-electron chi connectivity index (χ1n) is 9.67. The van der Waals surface area contributed by atoms with E-state index >= 15 is 0 Å². The number of carboxylic acids is 1. The first kappa shape index (κ1) is 17.7. The van der Waals surface area contributed by atoms with E-state index in [2.05, 4.69) is 16.4 Å². The Morgan fingerprint density at radius 3 is 2.37 bits per heavy atom. The molecule has 1 heterocycles. The van der Waals surface area contributed by atoms with Crippen molar-refractivity contribution in [2.75, 3.05) is 0 Å². The Labute approximate surface area is 158 Å². The molecule has 2 N–H and O–H groups in total. The lowest BCUT2D eigenvalue weighted by Gasteiger charge is -2.23. The van der Waals surface area contributed by atoms with Gasteiger partial charge in [0.1, 0.15) is 0 Å². The maximum Gasteiger partial charge on any atom is 0.307 e. The van der Waals surface area contributed by atoms with Crippen molar-refractivity contribution in [1.29, 1.82) is 0 Å². The van der Waals surface area contributed by atoms with Gasteiger partial charge in [-0.2, -0.15) is 0 Å². The lowest BCUT2D eigenvalue weighted by atomic mass is 9.94. The van der Waals surface area contributed by atoms with Crippen LogP contribution in [-0.4, -0.2) is 22.0 Å². The highest BCUT2D eigenvalue weighted by molar-refractivity contribution is 5.85. The molecular formula is C22H24N2O3. The van der Waals surface area contributed by atoms with E-state index in [1.165, 1.54) is 18.4 Å². The first-order valence-corrected chi connectivity index (χ1v) is 9.67. The van der Waals surface area contributed by atoms with Crippen LogP contribution in [0.3, 0.4) is 0 Å². The fourth-order valence-corrected chi connectivity index (χ4v) is 4.04. The van der Waals surface area contributed by atoms with Crippen molar-refractivity contribution < 1.29 is 14.7 Å². The average molecular weight is 364 g/mol. The summed E-state index contributed by atoms with van der Waals surface area (Å²) in [5.74, 6) is -1.50. The highest BCUT2D eigenvalue weighted by Gasteiger charge is 2.38. The van der Waals surface area contributed by atoms with Crippen molar-refractivity contribution in [3.05, 3.63) is 65.5 Å². The van der Waals surface area contributed by atoms with Gasteiger partial charge in [-0.25, -0.2) is 0 Å². The molecule has 2 saturated carbocycles. The van der Waals surface area contributed by atoms with Gasteiger partial charge in [-0.15, -0.1) is 0 Å². The van der Waals surface area contributed by atoms with Crippen LogP contribution in [0, 0.1) is 11.8 Å². The molecule has 1 aromatic carbocycles. The van der Waals surface area contributed by atoms with E-state index in [1.54, 1.807) is 0 Å². The lowest BCUT2D eigenvalue weighted by Crippen LogP contribution is -2.38. The van der Waals surface area contributed by atoms with Gasteiger partial charge in [-0.05, 0) is 48.8 Å². The highest BCUT2D eigenvalue weighted by Crippen LogP contribution is 2.40. The highest BCUT2D eigenvalue weighted by atomic mass is 16.4. The third-order valence-electron chi connectivity index (χ3n) is 5.74. The number of nitrogens with zero attached hydrogens (tertiary/aromatic N) is 1. The molecule has 1 amide bonds. The standard InChI is InChI=1S/C22H24N2O3/c25-21(17-7-4-8-18(17)22(26)27)24-20(15-5-2-1-3-6-15)19-12-11-16(13-23-19)14-9-10-14/h1-3,5-6,11-14,17-18,20H,4,7-10H2,(H,24,25)(H,26,27). The van der Waals surface area contributed by atoms with Gasteiger partial charge >= 0.3 is 5.97 Å². The van der Waals surface area contributed by atoms with Crippen LogP contribution in [0.1, 0.15) is 60.9 Å². The van der Waals surface area contributed by atoms with Gasteiger partial charge < -0.3 is 10.4 Å². The Balaban J connectivity index is 1.58. The van der Waals surface area contributed by atoms with Crippen LogP contribution in [0.4, 0.5) is 0 Å². The normalized spacial score (nSPS) is 23.0. The van der Waals surface area contributed by atoms with E-state index in [9.17, 15) is 14.7 Å². The van der Waals surface area contributed by atoms with Gasteiger partial charge in [0.05, 0.1) is 23.6 Å². The molecular weight excluding hydrogens is 340 g/mol. The fourth-order valence-electron chi connectivity index (χ4n) is 4.04. The van der Waals surface area contributed by atoms with Crippen LogP contribution in [0.25, 0.3) is 0 Å². The molecule has 2 fully saturated rings. The molecule has 2 aliphatic rings. The second-order valence-electron chi connectivity index (χ2n) is 7.63. The molecule has 3 atom stereocenters. The Morgan fingerprint density at radius 1 is 1.00 bits per heavy atom. The summed E-state index contributed by atoms with van der Waals surface area (Å²) in [6, 6.07) is 13.4. The minimum atomic E-state index is -0.879. The third-order valence-corrected chi connectivity index (χ3v) is 5.74. The largest absolute Gasteiger partial charge is 0.481 e. The molecule has 0 saturated heterocycles. The molecule has 27 heavy (non-hydrogen) atoms. The quantitative estimate of drug-likeness (QED) is 0.820. The second-order valence-corrected chi connectivity index (χ2v) is 7.63. The van der Waals surface area contributed by atoms with Gasteiger partial charge in [-0.3, -0.25) is 14.6 Å². The van der Waals surface area contributed by atoms with E-state index in [0.29, 0.717) is 18.8 Å². The van der Waals surface area contributed by atoms with Gasteiger partial charge in [0.15, 0.2) is 0 Å². The number of benzene rings is 1. The van der Waals surface area contributed by atoms with E-state index in [-0.39, 0.29) is 11.9 Å². The van der Waals surface area contributed by atoms with Crippen molar-refractivity contribution in [2.45, 2.75) is 44.1 Å². The third kappa shape index (κ3) is 3.87. The predicted octanol–water partition coefficient (Wildman–Crippen LogP) is 3.67. The zero-order chi connectivity index (χ0) is 18.8. The maximum atomic E-state index is 12.9. The molecule has 2 aliphatic carbocycles. The van der Waals surface area contributed by atoms with E-state index in [4.69, 9.17) is 0 Å². The molecule has 0 aliphatic heterocycles. The van der Waals surface area contributed by atoms with E-state index < -0.39 is 17.8 Å². The summed E-state index contributed by atoms with van der Waals surface area (Å²) in [7, 11) is 0. The number of aromatic nitrogens is 1. The maximum absolute atomic E-state index is 12.9. The zero-order valence-corrected chi connectivity index (χ0v) is 15.2. The minimum Gasteiger partial charge on any atom is -0.481 e. The summed E-state index contributed by atoms with van der Waals surface area (Å²) in [6.07, 6.45) is 6.32. The second kappa shape index (κ2) is 7.51. The summed E-state index contributed by atoms with van der Waals surface area (Å²) < 4.78 is 0. The number of carbonyl (C=O) groups excluding carboxylic acids is 1. The molecule has 4 rings (SSSR count). The average Bonchev–Trinajstić information content (AvgIpc) is 3.42. The van der Waals surface area contributed by atoms with Gasteiger partial charge in [0.2, 0.25) is 5.91 Å². The number of nitrogens with one attached hydrogen (secondary N) is 1. The zero-order valence-electron chi connectivity index (χ0n) is 15.2. The van der Waals surface area contributed by atoms with Crippen molar-refractivity contribution in [3.63, 3.8) is 0 Å². The topological polar surface area (TPSA) is 79.3 Å². The molecule has 2 aromatic rings. The number of hydrogen-bond donors (Lipinski definition) is 2. The summed E-state index contributed by atoms with van der Waals surface area (Å²) >= 11 is 0. The van der Waals surface area contributed by atoms with Crippen molar-refractivity contribution in [3.8, 4) is 0 Å². The number of pyridine rings is 1. The van der Waals surface area contributed by atoms with E-state index in [1.807, 2.05) is 42.6 Å². The molecule has 5 nitrogen and oxygen atoms in total. The summed E-state index contributed by atoms with van der Waals surface area (Å²) in [6.45, 7) is 0. The van der Waals surface area contributed by atoms with Gasteiger partial charge in [0.25, 0.3) is 0 Å². The van der Waals surface area contributed by atoms with Crippen molar-refractivity contribution in [2.24, 2.45) is 11.8 Å². The smallest absolute Gasteiger partial charge is 0.307 e. The lowest BCUT2D eigenvalue weighted by molar-refractivity contribution is -0.146.